The number of hydrogen-bond donors (Lipinski definition) is 1. The third-order valence-electron chi connectivity index (χ3n) is 3.59. The number of benzene rings is 1. The maximum absolute atomic E-state index is 12.0. The number of nitrogens with zero attached hydrogens (tertiary/aromatic N) is 1. The lowest BCUT2D eigenvalue weighted by Crippen LogP contribution is -2.25. The van der Waals surface area contributed by atoms with Crippen LogP contribution in [0, 0.1) is 5.92 Å². The molecule has 1 aromatic rings. The second-order valence-electron chi connectivity index (χ2n) is 5.14. The average molecular weight is 324 g/mol. The monoisotopic (exact) mass is 324 g/mol. The zero-order valence-electron chi connectivity index (χ0n) is 12.7. The van der Waals surface area contributed by atoms with Gasteiger partial charge in [-0.15, -0.1) is 0 Å². The van der Waals surface area contributed by atoms with Gasteiger partial charge in [-0.1, -0.05) is 16.6 Å². The second-order valence-corrected chi connectivity index (χ2v) is 7.08. The van der Waals surface area contributed by atoms with E-state index in [-0.39, 0.29) is 10.8 Å². The summed E-state index contributed by atoms with van der Waals surface area (Å²) in [4.78, 5) is 16.7. The summed E-state index contributed by atoms with van der Waals surface area (Å²) in [6.07, 6.45) is 6.63. The van der Waals surface area contributed by atoms with Crippen molar-refractivity contribution in [2.75, 3.05) is 19.5 Å². The highest BCUT2D eigenvalue weighted by Crippen LogP contribution is 2.22. The number of nitrogens with one attached hydrogen (secondary N) is 1. The molecule has 1 aromatic carbocycles. The van der Waals surface area contributed by atoms with Crippen LogP contribution in [0.4, 0.5) is 5.69 Å². The molecule has 0 bridgehead atoms. The van der Waals surface area contributed by atoms with Crippen molar-refractivity contribution in [1.82, 2.24) is 4.47 Å². The van der Waals surface area contributed by atoms with Gasteiger partial charge in [-0.05, 0) is 43.0 Å². The third-order valence-corrected chi connectivity index (χ3v) is 5.29. The van der Waals surface area contributed by atoms with E-state index in [0.29, 0.717) is 18.0 Å². The van der Waals surface area contributed by atoms with E-state index >= 15 is 0 Å². The highest BCUT2D eigenvalue weighted by molar-refractivity contribution is 7.89. The van der Waals surface area contributed by atoms with Crippen LogP contribution < -0.4 is 5.32 Å². The number of carbonyl (C=O) groups is 1. The molecule has 0 aromatic heterocycles. The van der Waals surface area contributed by atoms with Gasteiger partial charge in [0.15, 0.2) is 0 Å². The molecule has 2 rings (SSSR count). The Labute approximate surface area is 130 Å². The molecule has 1 amide bonds. The van der Waals surface area contributed by atoms with E-state index in [0.717, 1.165) is 17.3 Å². The molecular weight excluding hydrogens is 304 g/mol. The van der Waals surface area contributed by atoms with Crippen LogP contribution in [0.2, 0.25) is 0 Å². The standard InChI is InChI=1S/C15H20N2O4S/c1-17(21-2)22(19,20)14-9-7-13(8-10-14)16-15(18)11-12-5-3-4-6-12/h3,5,7-10,12H,4,6,11H2,1-2H3,(H,16,18). The number of allylic oxidation sites excluding steroid dienone is 2. The summed E-state index contributed by atoms with van der Waals surface area (Å²) < 4.78 is 24.9. The van der Waals surface area contributed by atoms with Crippen molar-refractivity contribution in [3.8, 4) is 0 Å². The first kappa shape index (κ1) is 16.7. The second kappa shape index (κ2) is 7.04. The summed E-state index contributed by atoms with van der Waals surface area (Å²) in [5.41, 5.74) is 0.575. The van der Waals surface area contributed by atoms with Crippen LogP contribution in [0.1, 0.15) is 19.3 Å². The van der Waals surface area contributed by atoms with E-state index in [9.17, 15) is 13.2 Å². The van der Waals surface area contributed by atoms with E-state index in [4.69, 9.17) is 4.84 Å². The Hall–Kier alpha value is -1.70. The minimum absolute atomic E-state index is 0.0684. The van der Waals surface area contributed by atoms with Gasteiger partial charge in [-0.25, -0.2) is 8.42 Å². The highest BCUT2D eigenvalue weighted by Gasteiger charge is 2.20. The molecule has 0 saturated heterocycles. The molecule has 0 saturated carbocycles. The molecule has 0 spiro atoms. The molecule has 1 aliphatic rings. The van der Waals surface area contributed by atoms with Crippen LogP contribution >= 0.6 is 0 Å². The summed E-state index contributed by atoms with van der Waals surface area (Å²) in [6.45, 7) is 0. The molecule has 1 atom stereocenters. The predicted molar refractivity (Wildman–Crippen MR) is 83.5 cm³/mol. The fraction of sp³-hybridized carbons (Fsp3) is 0.400. The van der Waals surface area contributed by atoms with E-state index in [1.807, 2.05) is 0 Å². The smallest absolute Gasteiger partial charge is 0.264 e. The first-order chi connectivity index (χ1) is 10.4. The Bertz CT molecular complexity index is 653. The molecule has 0 fully saturated rings. The zero-order valence-corrected chi connectivity index (χ0v) is 13.5. The third kappa shape index (κ3) is 3.94. The van der Waals surface area contributed by atoms with E-state index in [2.05, 4.69) is 17.5 Å². The first-order valence-electron chi connectivity index (χ1n) is 7.03. The van der Waals surface area contributed by atoms with Crippen molar-refractivity contribution in [2.24, 2.45) is 5.92 Å². The Kier molecular flexibility index (Phi) is 5.33. The van der Waals surface area contributed by atoms with Crippen LogP contribution in [0.25, 0.3) is 0 Å². The molecule has 6 nitrogen and oxygen atoms in total. The minimum Gasteiger partial charge on any atom is -0.326 e. The van der Waals surface area contributed by atoms with Gasteiger partial charge in [0.1, 0.15) is 0 Å². The van der Waals surface area contributed by atoms with E-state index in [1.54, 1.807) is 12.1 Å². The van der Waals surface area contributed by atoms with Gasteiger partial charge >= 0.3 is 0 Å². The number of hydroxylamine groups is 1. The summed E-state index contributed by atoms with van der Waals surface area (Å²) >= 11 is 0. The lowest BCUT2D eigenvalue weighted by Gasteiger charge is -2.14. The Morgan fingerprint density at radius 2 is 2.05 bits per heavy atom. The quantitative estimate of drug-likeness (QED) is 0.643. The number of anilines is 1. The molecule has 7 heteroatoms. The molecule has 1 N–H and O–H groups in total. The molecule has 22 heavy (non-hydrogen) atoms. The number of hydrogen-bond acceptors (Lipinski definition) is 4. The summed E-state index contributed by atoms with van der Waals surface area (Å²) in [7, 11) is -1.06. The van der Waals surface area contributed by atoms with Gasteiger partial charge in [0.2, 0.25) is 5.91 Å². The van der Waals surface area contributed by atoms with Crippen LogP contribution in [0.5, 0.6) is 0 Å². The Morgan fingerprint density at radius 1 is 1.36 bits per heavy atom. The van der Waals surface area contributed by atoms with Crippen molar-refractivity contribution in [1.29, 1.82) is 0 Å². The van der Waals surface area contributed by atoms with E-state index in [1.165, 1.54) is 26.3 Å². The molecule has 0 heterocycles. The lowest BCUT2D eigenvalue weighted by molar-refractivity contribution is -0.116. The van der Waals surface area contributed by atoms with Crippen molar-refractivity contribution >= 4 is 21.6 Å². The predicted octanol–water partition coefficient (Wildman–Crippen LogP) is 2.16. The topological polar surface area (TPSA) is 75.7 Å². The van der Waals surface area contributed by atoms with Gasteiger partial charge in [-0.2, -0.15) is 0 Å². The van der Waals surface area contributed by atoms with Gasteiger partial charge < -0.3 is 5.32 Å². The van der Waals surface area contributed by atoms with E-state index < -0.39 is 10.0 Å². The number of amides is 1. The number of sulfonamides is 1. The number of carbonyl (C=O) groups excluding carboxylic acids is 1. The largest absolute Gasteiger partial charge is 0.326 e. The normalized spacial score (nSPS) is 17.9. The van der Waals surface area contributed by atoms with Gasteiger partial charge in [0.25, 0.3) is 10.0 Å². The summed E-state index contributed by atoms with van der Waals surface area (Å²) in [5.74, 6) is 0.233. The van der Waals surface area contributed by atoms with Crippen molar-refractivity contribution in [2.45, 2.75) is 24.2 Å². The fourth-order valence-corrected chi connectivity index (χ4v) is 3.25. The molecule has 0 radical (unpaired) electrons. The molecule has 1 aliphatic carbocycles. The van der Waals surface area contributed by atoms with Crippen LogP contribution in [0.3, 0.4) is 0 Å². The molecular formula is C15H20N2O4S. The van der Waals surface area contributed by atoms with Crippen molar-refractivity contribution in [3.05, 3.63) is 36.4 Å². The Morgan fingerprint density at radius 3 is 2.59 bits per heavy atom. The van der Waals surface area contributed by atoms with Crippen LogP contribution in [0.15, 0.2) is 41.3 Å². The molecule has 1 unspecified atom stereocenters. The van der Waals surface area contributed by atoms with Gasteiger partial charge in [0, 0.05) is 19.2 Å². The SMILES string of the molecule is CON(C)S(=O)(=O)c1ccc(NC(=O)CC2C=CCC2)cc1. The summed E-state index contributed by atoms with van der Waals surface area (Å²) in [5, 5.41) is 2.78. The summed E-state index contributed by atoms with van der Waals surface area (Å²) in [6, 6.07) is 6.02. The molecule has 120 valence electrons. The van der Waals surface area contributed by atoms with Crippen LogP contribution in [-0.2, 0) is 19.7 Å². The minimum atomic E-state index is -3.66. The molecule has 0 aliphatic heterocycles. The first-order valence-corrected chi connectivity index (χ1v) is 8.47. The lowest BCUT2D eigenvalue weighted by atomic mass is 10.1. The Balaban J connectivity index is 2.00. The maximum Gasteiger partial charge on any atom is 0.264 e. The van der Waals surface area contributed by atoms with Gasteiger partial charge in [0.05, 0.1) is 12.0 Å². The zero-order chi connectivity index (χ0) is 16.2. The number of rotatable bonds is 6. The van der Waals surface area contributed by atoms with Gasteiger partial charge in [-0.3, -0.25) is 9.63 Å². The maximum atomic E-state index is 12.0. The van der Waals surface area contributed by atoms with Crippen molar-refractivity contribution < 1.29 is 18.0 Å². The highest BCUT2D eigenvalue weighted by atomic mass is 32.2. The average Bonchev–Trinajstić information content (AvgIpc) is 2.99. The van der Waals surface area contributed by atoms with Crippen LogP contribution in [-0.4, -0.2) is 33.0 Å². The fourth-order valence-electron chi connectivity index (χ4n) is 2.27. The van der Waals surface area contributed by atoms with Crippen molar-refractivity contribution in [3.63, 3.8) is 0 Å².